The summed E-state index contributed by atoms with van der Waals surface area (Å²) in [6.07, 6.45) is -1.10. The molecule has 0 saturated carbocycles. The van der Waals surface area contributed by atoms with Gasteiger partial charge in [0, 0.05) is 19.1 Å². The molecular weight excluding hydrogens is 255 g/mol. The molecule has 1 fully saturated rings. The molecule has 6 heteroatoms. The molecule has 0 amide bonds. The van der Waals surface area contributed by atoms with Crippen LogP contribution in [0.25, 0.3) is 0 Å². The Labute approximate surface area is 110 Å². The molecule has 0 bridgehead atoms. The zero-order chi connectivity index (χ0) is 13.9. The number of aromatic nitrogens is 1. The lowest BCUT2D eigenvalue weighted by Crippen LogP contribution is -2.38. The average Bonchev–Trinajstić information content (AvgIpc) is 2.34. The van der Waals surface area contributed by atoms with Crippen LogP contribution in [0.2, 0.25) is 0 Å². The van der Waals surface area contributed by atoms with E-state index in [4.69, 9.17) is 0 Å². The quantitative estimate of drug-likeness (QED) is 0.852. The van der Waals surface area contributed by atoms with Crippen LogP contribution in [-0.4, -0.2) is 30.7 Å². The molecule has 3 nitrogen and oxygen atoms in total. The normalized spacial score (nSPS) is 21.9. The highest BCUT2D eigenvalue weighted by Crippen LogP contribution is 2.28. The maximum Gasteiger partial charge on any atom is 0.433 e. The van der Waals surface area contributed by atoms with Crippen LogP contribution < -0.4 is 10.2 Å². The molecule has 0 aromatic carbocycles. The van der Waals surface area contributed by atoms with Gasteiger partial charge in [-0.05, 0) is 38.4 Å². The molecule has 1 aliphatic heterocycles. The van der Waals surface area contributed by atoms with Crippen molar-refractivity contribution in [2.75, 3.05) is 24.5 Å². The summed E-state index contributed by atoms with van der Waals surface area (Å²) in [5, 5.41) is 3.39. The first-order valence-corrected chi connectivity index (χ1v) is 6.48. The number of nitrogens with one attached hydrogen (secondary N) is 1. The van der Waals surface area contributed by atoms with Gasteiger partial charge in [0.15, 0.2) is 0 Å². The highest BCUT2D eigenvalue weighted by molar-refractivity contribution is 5.44. The fourth-order valence-corrected chi connectivity index (χ4v) is 2.18. The van der Waals surface area contributed by atoms with E-state index in [0.29, 0.717) is 6.04 Å². The lowest BCUT2D eigenvalue weighted by Gasteiger charge is -2.29. The van der Waals surface area contributed by atoms with Gasteiger partial charge in [-0.15, -0.1) is 0 Å². The van der Waals surface area contributed by atoms with Gasteiger partial charge in [-0.3, -0.25) is 0 Å². The summed E-state index contributed by atoms with van der Waals surface area (Å²) in [6.45, 7) is 4.73. The molecule has 1 aromatic rings. The van der Waals surface area contributed by atoms with E-state index in [1.54, 1.807) is 0 Å². The number of halogens is 3. The van der Waals surface area contributed by atoms with E-state index in [0.717, 1.165) is 44.2 Å². The van der Waals surface area contributed by atoms with Crippen LogP contribution in [-0.2, 0) is 6.18 Å². The number of hydrogen-bond donors (Lipinski definition) is 1. The Kier molecular flexibility index (Phi) is 4.29. The van der Waals surface area contributed by atoms with Crippen LogP contribution in [0.5, 0.6) is 0 Å². The molecule has 0 spiro atoms. The molecule has 0 radical (unpaired) electrons. The fraction of sp³-hybridized carbons (Fsp3) is 0.615. The van der Waals surface area contributed by atoms with E-state index in [1.165, 1.54) is 12.3 Å². The monoisotopic (exact) mass is 273 g/mol. The first-order chi connectivity index (χ1) is 8.97. The number of rotatable bonds is 1. The minimum Gasteiger partial charge on any atom is -0.370 e. The van der Waals surface area contributed by atoms with Gasteiger partial charge in [-0.2, -0.15) is 13.2 Å². The van der Waals surface area contributed by atoms with Crippen molar-refractivity contribution in [2.45, 2.75) is 32.0 Å². The smallest absolute Gasteiger partial charge is 0.370 e. The van der Waals surface area contributed by atoms with Gasteiger partial charge >= 0.3 is 6.18 Å². The molecule has 1 atom stereocenters. The lowest BCUT2D eigenvalue weighted by atomic mass is 10.1. The van der Waals surface area contributed by atoms with E-state index in [9.17, 15) is 13.2 Å². The van der Waals surface area contributed by atoms with Crippen molar-refractivity contribution in [3.8, 4) is 0 Å². The largest absolute Gasteiger partial charge is 0.433 e. The van der Waals surface area contributed by atoms with Gasteiger partial charge in [-0.1, -0.05) is 0 Å². The second kappa shape index (κ2) is 5.77. The van der Waals surface area contributed by atoms with E-state index in [-0.39, 0.29) is 0 Å². The highest BCUT2D eigenvalue weighted by Gasteiger charge is 2.32. The highest BCUT2D eigenvalue weighted by atomic mass is 19.4. The third kappa shape index (κ3) is 3.83. The van der Waals surface area contributed by atoms with Gasteiger partial charge < -0.3 is 10.2 Å². The van der Waals surface area contributed by atoms with Gasteiger partial charge in [0.2, 0.25) is 0 Å². The lowest BCUT2D eigenvalue weighted by molar-refractivity contribution is -0.141. The van der Waals surface area contributed by atoms with Crippen molar-refractivity contribution in [2.24, 2.45) is 0 Å². The van der Waals surface area contributed by atoms with Crippen molar-refractivity contribution >= 4 is 5.69 Å². The first kappa shape index (κ1) is 14.1. The minimum atomic E-state index is -4.37. The van der Waals surface area contributed by atoms with Crippen molar-refractivity contribution in [3.63, 3.8) is 0 Å². The molecule has 1 unspecified atom stereocenters. The third-order valence-electron chi connectivity index (χ3n) is 3.33. The molecule has 106 valence electrons. The number of alkyl halides is 3. The average molecular weight is 273 g/mol. The van der Waals surface area contributed by atoms with Crippen LogP contribution in [0.4, 0.5) is 18.9 Å². The molecule has 2 rings (SSSR count). The van der Waals surface area contributed by atoms with Crippen LogP contribution >= 0.6 is 0 Å². The summed E-state index contributed by atoms with van der Waals surface area (Å²) in [4.78, 5) is 5.62. The van der Waals surface area contributed by atoms with E-state index in [1.807, 2.05) is 0 Å². The Balaban J connectivity index is 2.08. The zero-order valence-corrected chi connectivity index (χ0v) is 10.9. The molecule has 1 aromatic heterocycles. The summed E-state index contributed by atoms with van der Waals surface area (Å²) in [7, 11) is 0. The topological polar surface area (TPSA) is 28.2 Å². The second-order valence-electron chi connectivity index (χ2n) is 4.88. The number of hydrogen-bond acceptors (Lipinski definition) is 3. The molecule has 1 saturated heterocycles. The van der Waals surface area contributed by atoms with Crippen molar-refractivity contribution in [3.05, 3.63) is 24.0 Å². The van der Waals surface area contributed by atoms with Crippen LogP contribution in [0.15, 0.2) is 18.3 Å². The van der Waals surface area contributed by atoms with Crippen LogP contribution in [0.1, 0.15) is 25.5 Å². The SMILES string of the molecule is CC1CCN(c2ccc(C(F)(F)F)nc2)CCCN1. The standard InChI is InChI=1S/C13H18F3N3/c1-10-5-8-19(7-2-6-17-10)11-3-4-12(18-9-11)13(14,15)16/h3-4,9-10,17H,2,5-8H2,1H3. The molecule has 2 heterocycles. The second-order valence-corrected chi connectivity index (χ2v) is 4.88. The Morgan fingerprint density at radius 2 is 2.11 bits per heavy atom. The van der Waals surface area contributed by atoms with Crippen molar-refractivity contribution in [1.29, 1.82) is 0 Å². The maximum atomic E-state index is 12.4. The Hall–Kier alpha value is -1.30. The summed E-state index contributed by atoms with van der Waals surface area (Å²) >= 11 is 0. The van der Waals surface area contributed by atoms with Gasteiger partial charge in [0.25, 0.3) is 0 Å². The Morgan fingerprint density at radius 3 is 2.74 bits per heavy atom. The third-order valence-corrected chi connectivity index (χ3v) is 3.33. The van der Waals surface area contributed by atoms with Gasteiger partial charge in [0.1, 0.15) is 5.69 Å². The van der Waals surface area contributed by atoms with E-state index < -0.39 is 11.9 Å². The summed E-state index contributed by atoms with van der Waals surface area (Å²) in [6, 6.07) is 3.00. The van der Waals surface area contributed by atoms with Crippen molar-refractivity contribution < 1.29 is 13.2 Å². The molecule has 1 N–H and O–H groups in total. The molecule has 0 aliphatic carbocycles. The summed E-state index contributed by atoms with van der Waals surface area (Å²) in [5.41, 5.74) is -0.0690. The maximum absolute atomic E-state index is 12.4. The van der Waals surface area contributed by atoms with Crippen LogP contribution in [0.3, 0.4) is 0 Å². The predicted molar refractivity (Wildman–Crippen MR) is 68.2 cm³/mol. The number of pyridine rings is 1. The molecule has 19 heavy (non-hydrogen) atoms. The number of nitrogens with zero attached hydrogens (tertiary/aromatic N) is 2. The Morgan fingerprint density at radius 1 is 1.32 bits per heavy atom. The van der Waals surface area contributed by atoms with Gasteiger partial charge in [-0.25, -0.2) is 4.98 Å². The summed E-state index contributed by atoms with van der Waals surface area (Å²) in [5.74, 6) is 0. The summed E-state index contributed by atoms with van der Waals surface area (Å²) < 4.78 is 37.3. The van der Waals surface area contributed by atoms with E-state index >= 15 is 0 Å². The zero-order valence-electron chi connectivity index (χ0n) is 10.9. The van der Waals surface area contributed by atoms with E-state index in [2.05, 4.69) is 22.1 Å². The minimum absolute atomic E-state index is 0.435. The van der Waals surface area contributed by atoms with Crippen LogP contribution in [0, 0.1) is 0 Å². The first-order valence-electron chi connectivity index (χ1n) is 6.48. The predicted octanol–water partition coefficient (Wildman–Crippen LogP) is 2.68. The van der Waals surface area contributed by atoms with Crippen molar-refractivity contribution in [1.82, 2.24) is 10.3 Å². The van der Waals surface area contributed by atoms with Gasteiger partial charge in [0.05, 0.1) is 11.9 Å². The molecular formula is C13H18F3N3. The fourth-order valence-electron chi connectivity index (χ4n) is 2.18. The molecule has 1 aliphatic rings. The Bertz CT molecular complexity index is 403. The number of anilines is 1.